The third-order valence-corrected chi connectivity index (χ3v) is 4.33. The summed E-state index contributed by atoms with van der Waals surface area (Å²) >= 11 is 1.70. The number of nitrogens with one attached hydrogen (secondary N) is 1. The zero-order valence-electron chi connectivity index (χ0n) is 11.1. The first-order chi connectivity index (χ1) is 10.1. The fraction of sp³-hybridized carbons (Fsp3) is 0.231. The fourth-order valence-electron chi connectivity index (χ4n) is 1.58. The van der Waals surface area contributed by atoms with Crippen LogP contribution in [0.4, 0.5) is 14.5 Å². The number of amides is 1. The summed E-state index contributed by atoms with van der Waals surface area (Å²) < 4.78 is 26.7. The van der Waals surface area contributed by atoms with Crippen molar-refractivity contribution in [3.63, 3.8) is 0 Å². The largest absolute Gasteiger partial charge is 0.329 e. The Balaban J connectivity index is 1.95. The summed E-state index contributed by atoms with van der Waals surface area (Å²) in [5, 5.41) is 3.37. The molecule has 0 aliphatic carbocycles. The van der Waals surface area contributed by atoms with E-state index in [1.807, 2.05) is 7.05 Å². The number of hydrogen-bond acceptors (Lipinski definition) is 4. The molecule has 2 aromatic rings. The first-order valence-electron chi connectivity index (χ1n) is 6.00. The Labute approximate surface area is 129 Å². The molecule has 0 spiro atoms. The normalized spacial score (nSPS) is 10.9. The summed E-state index contributed by atoms with van der Waals surface area (Å²) in [4.78, 5) is 16.3. The predicted molar refractivity (Wildman–Crippen MR) is 80.9 cm³/mol. The van der Waals surface area contributed by atoms with Gasteiger partial charge in [-0.3, -0.25) is 4.79 Å². The Morgan fingerprint density at radius 3 is 2.86 bits per heavy atom. The van der Waals surface area contributed by atoms with Crippen LogP contribution in [0.15, 0.2) is 46.7 Å². The van der Waals surface area contributed by atoms with Crippen molar-refractivity contribution in [1.82, 2.24) is 9.55 Å². The Morgan fingerprint density at radius 1 is 1.43 bits per heavy atom. The SMILES string of the molecule is Cn1ccnc1SCC(=O)Nc1ccccc1SC(F)F. The molecule has 0 radical (unpaired) electrons. The lowest BCUT2D eigenvalue weighted by Gasteiger charge is -2.10. The number of para-hydroxylation sites is 1. The van der Waals surface area contributed by atoms with E-state index in [0.717, 1.165) is 5.16 Å². The van der Waals surface area contributed by atoms with Gasteiger partial charge >= 0.3 is 0 Å². The van der Waals surface area contributed by atoms with E-state index >= 15 is 0 Å². The Hall–Kier alpha value is -1.54. The summed E-state index contributed by atoms with van der Waals surface area (Å²) in [6, 6.07) is 6.51. The summed E-state index contributed by atoms with van der Waals surface area (Å²) in [7, 11) is 1.84. The minimum atomic E-state index is -2.52. The van der Waals surface area contributed by atoms with Crippen LogP contribution in [0.5, 0.6) is 0 Å². The van der Waals surface area contributed by atoms with Gasteiger partial charge in [0.15, 0.2) is 5.16 Å². The number of halogens is 2. The zero-order valence-corrected chi connectivity index (χ0v) is 12.8. The molecule has 0 fully saturated rings. The summed E-state index contributed by atoms with van der Waals surface area (Å²) in [5.74, 6) is -2.62. The molecule has 0 bridgehead atoms. The van der Waals surface area contributed by atoms with E-state index < -0.39 is 5.76 Å². The lowest BCUT2D eigenvalue weighted by molar-refractivity contribution is -0.113. The molecule has 1 N–H and O–H groups in total. The molecule has 1 amide bonds. The van der Waals surface area contributed by atoms with Gasteiger partial charge in [-0.15, -0.1) is 0 Å². The maximum absolute atomic E-state index is 12.5. The van der Waals surface area contributed by atoms with Crippen LogP contribution in [0, 0.1) is 0 Å². The number of anilines is 1. The molecule has 0 saturated carbocycles. The van der Waals surface area contributed by atoms with Gasteiger partial charge in [0.2, 0.25) is 5.91 Å². The average molecular weight is 329 g/mol. The van der Waals surface area contributed by atoms with Crippen molar-refractivity contribution in [3.05, 3.63) is 36.7 Å². The molecule has 0 atom stereocenters. The van der Waals surface area contributed by atoms with E-state index in [2.05, 4.69) is 10.3 Å². The summed E-state index contributed by atoms with van der Waals surface area (Å²) in [5.41, 5.74) is 0.397. The van der Waals surface area contributed by atoms with Gasteiger partial charge in [-0.05, 0) is 12.1 Å². The number of aromatic nitrogens is 2. The van der Waals surface area contributed by atoms with Gasteiger partial charge in [0.1, 0.15) is 0 Å². The number of aryl methyl sites for hydroxylation is 1. The molecular weight excluding hydrogens is 316 g/mol. The lowest BCUT2D eigenvalue weighted by Crippen LogP contribution is -2.15. The second kappa shape index (κ2) is 7.46. The number of hydrogen-bond donors (Lipinski definition) is 1. The number of benzene rings is 1. The minimum Gasteiger partial charge on any atom is -0.329 e. The molecule has 0 aliphatic rings. The smallest absolute Gasteiger partial charge is 0.288 e. The van der Waals surface area contributed by atoms with Gasteiger partial charge < -0.3 is 9.88 Å². The molecule has 1 aromatic carbocycles. The van der Waals surface area contributed by atoms with E-state index in [1.54, 1.807) is 41.2 Å². The molecule has 0 saturated heterocycles. The number of alkyl halides is 2. The Bertz CT molecular complexity index is 619. The van der Waals surface area contributed by atoms with Gasteiger partial charge in [0, 0.05) is 24.3 Å². The quantitative estimate of drug-likeness (QED) is 0.825. The van der Waals surface area contributed by atoms with Crippen LogP contribution < -0.4 is 5.32 Å². The molecule has 112 valence electrons. The molecule has 1 heterocycles. The zero-order chi connectivity index (χ0) is 15.2. The summed E-state index contributed by atoms with van der Waals surface area (Å²) in [6.45, 7) is 0. The first kappa shape index (κ1) is 15.8. The van der Waals surface area contributed by atoms with E-state index in [0.29, 0.717) is 22.3 Å². The topological polar surface area (TPSA) is 46.9 Å². The second-order valence-corrected chi connectivity index (χ2v) is 6.01. The number of nitrogens with zero attached hydrogens (tertiary/aromatic N) is 2. The van der Waals surface area contributed by atoms with Crippen LogP contribution in [-0.2, 0) is 11.8 Å². The first-order valence-corrected chi connectivity index (χ1v) is 7.86. The lowest BCUT2D eigenvalue weighted by atomic mass is 10.3. The number of carbonyl (C=O) groups excluding carboxylic acids is 1. The number of rotatable bonds is 6. The van der Waals surface area contributed by atoms with Crippen molar-refractivity contribution >= 4 is 35.1 Å². The van der Waals surface area contributed by atoms with Gasteiger partial charge in [-0.2, -0.15) is 8.78 Å². The molecule has 2 rings (SSSR count). The molecule has 0 aliphatic heterocycles. The van der Waals surface area contributed by atoms with Crippen molar-refractivity contribution in [2.75, 3.05) is 11.1 Å². The number of carbonyl (C=O) groups is 1. The number of thioether (sulfide) groups is 2. The van der Waals surface area contributed by atoms with Crippen LogP contribution in [0.25, 0.3) is 0 Å². The van der Waals surface area contributed by atoms with E-state index in [9.17, 15) is 13.6 Å². The monoisotopic (exact) mass is 329 g/mol. The standard InChI is InChI=1S/C13H13F2N3OS2/c1-18-7-6-16-13(18)20-8-11(19)17-9-4-2-3-5-10(9)21-12(14)15/h2-7,12H,8H2,1H3,(H,17,19). The van der Waals surface area contributed by atoms with Crippen molar-refractivity contribution in [2.45, 2.75) is 15.8 Å². The van der Waals surface area contributed by atoms with Crippen LogP contribution in [-0.4, -0.2) is 27.0 Å². The molecule has 8 heteroatoms. The highest BCUT2D eigenvalue weighted by molar-refractivity contribution is 8.00. The van der Waals surface area contributed by atoms with Crippen molar-refractivity contribution in [3.8, 4) is 0 Å². The minimum absolute atomic E-state index is 0.165. The van der Waals surface area contributed by atoms with Crippen LogP contribution >= 0.6 is 23.5 Å². The average Bonchev–Trinajstić information content (AvgIpc) is 2.84. The van der Waals surface area contributed by atoms with Crippen molar-refractivity contribution in [2.24, 2.45) is 7.05 Å². The van der Waals surface area contributed by atoms with E-state index in [-0.39, 0.29) is 11.7 Å². The fourth-order valence-corrected chi connectivity index (χ4v) is 2.90. The highest BCUT2D eigenvalue weighted by atomic mass is 32.2. The van der Waals surface area contributed by atoms with E-state index in [1.165, 1.54) is 11.8 Å². The Kier molecular flexibility index (Phi) is 5.63. The maximum Gasteiger partial charge on any atom is 0.288 e. The highest BCUT2D eigenvalue weighted by Gasteiger charge is 2.12. The highest BCUT2D eigenvalue weighted by Crippen LogP contribution is 2.31. The Morgan fingerprint density at radius 2 is 2.19 bits per heavy atom. The third-order valence-electron chi connectivity index (χ3n) is 2.49. The number of imidazole rings is 1. The molecule has 4 nitrogen and oxygen atoms in total. The third kappa shape index (κ3) is 4.75. The van der Waals surface area contributed by atoms with Crippen molar-refractivity contribution < 1.29 is 13.6 Å². The predicted octanol–water partition coefficient (Wildman–Crippen LogP) is 3.47. The van der Waals surface area contributed by atoms with Crippen LogP contribution in [0.3, 0.4) is 0 Å². The van der Waals surface area contributed by atoms with Crippen molar-refractivity contribution in [1.29, 1.82) is 0 Å². The molecule has 21 heavy (non-hydrogen) atoms. The maximum atomic E-state index is 12.5. The van der Waals surface area contributed by atoms with Gasteiger partial charge in [0.25, 0.3) is 5.76 Å². The van der Waals surface area contributed by atoms with Gasteiger partial charge in [-0.25, -0.2) is 4.98 Å². The molecule has 0 unspecified atom stereocenters. The molecule has 1 aromatic heterocycles. The molecular formula is C13H13F2N3OS2. The van der Waals surface area contributed by atoms with E-state index in [4.69, 9.17) is 0 Å². The van der Waals surface area contributed by atoms with Gasteiger partial charge in [-0.1, -0.05) is 35.7 Å². The second-order valence-electron chi connectivity index (χ2n) is 4.03. The van der Waals surface area contributed by atoms with Crippen LogP contribution in [0.1, 0.15) is 0 Å². The van der Waals surface area contributed by atoms with Crippen LogP contribution in [0.2, 0.25) is 0 Å². The summed E-state index contributed by atoms with van der Waals surface area (Å²) in [6.07, 6.45) is 3.43. The van der Waals surface area contributed by atoms with Gasteiger partial charge in [0.05, 0.1) is 11.4 Å².